The third-order valence-electron chi connectivity index (χ3n) is 4.60. The van der Waals surface area contributed by atoms with Crippen LogP contribution in [-0.2, 0) is 6.54 Å². The Labute approximate surface area is 139 Å². The summed E-state index contributed by atoms with van der Waals surface area (Å²) in [4.78, 5) is 5.19. The second-order valence-corrected chi connectivity index (χ2v) is 6.45. The molecule has 5 heteroatoms. The minimum atomic E-state index is 0. The number of aryl methyl sites for hydroxylation is 1. The SMILES string of the molecule is Cc1ccc(CN2CCN(C3CCNC3)CC2)cc1Cl.Cl. The number of halogens is 2. The van der Waals surface area contributed by atoms with Gasteiger partial charge < -0.3 is 5.32 Å². The van der Waals surface area contributed by atoms with E-state index in [-0.39, 0.29) is 12.4 Å². The number of hydrogen-bond donors (Lipinski definition) is 1. The second kappa shape index (κ2) is 7.80. The number of nitrogens with zero attached hydrogens (tertiary/aromatic N) is 2. The van der Waals surface area contributed by atoms with Crippen molar-refractivity contribution in [2.24, 2.45) is 0 Å². The van der Waals surface area contributed by atoms with Gasteiger partial charge in [0.1, 0.15) is 0 Å². The largest absolute Gasteiger partial charge is 0.315 e. The van der Waals surface area contributed by atoms with Crippen molar-refractivity contribution < 1.29 is 0 Å². The second-order valence-electron chi connectivity index (χ2n) is 6.04. The van der Waals surface area contributed by atoms with Crippen molar-refractivity contribution in [3.8, 4) is 0 Å². The summed E-state index contributed by atoms with van der Waals surface area (Å²) in [6.07, 6.45) is 1.31. The Balaban J connectivity index is 0.00000161. The number of hydrogen-bond acceptors (Lipinski definition) is 3. The Morgan fingerprint density at radius 2 is 2.00 bits per heavy atom. The summed E-state index contributed by atoms with van der Waals surface area (Å²) < 4.78 is 0. The Morgan fingerprint density at radius 3 is 2.62 bits per heavy atom. The van der Waals surface area contributed by atoms with E-state index in [9.17, 15) is 0 Å². The van der Waals surface area contributed by atoms with Crippen molar-refractivity contribution in [3.05, 3.63) is 34.3 Å². The third kappa shape index (κ3) is 4.33. The van der Waals surface area contributed by atoms with Crippen molar-refractivity contribution in [1.29, 1.82) is 0 Å². The van der Waals surface area contributed by atoms with Crippen molar-refractivity contribution in [2.75, 3.05) is 39.3 Å². The summed E-state index contributed by atoms with van der Waals surface area (Å²) in [6, 6.07) is 7.21. The zero-order valence-electron chi connectivity index (χ0n) is 12.6. The molecule has 0 aliphatic carbocycles. The molecule has 1 unspecified atom stereocenters. The van der Waals surface area contributed by atoms with E-state index in [1.165, 1.54) is 51.3 Å². The first-order chi connectivity index (χ1) is 9.72. The summed E-state index contributed by atoms with van der Waals surface area (Å²) in [7, 11) is 0. The maximum atomic E-state index is 6.21. The highest BCUT2D eigenvalue weighted by atomic mass is 35.5. The third-order valence-corrected chi connectivity index (χ3v) is 5.01. The molecule has 0 spiro atoms. The summed E-state index contributed by atoms with van der Waals surface area (Å²) in [5.41, 5.74) is 2.49. The van der Waals surface area contributed by atoms with Crippen LogP contribution in [0.25, 0.3) is 0 Å². The fourth-order valence-corrected chi connectivity index (χ4v) is 3.43. The van der Waals surface area contributed by atoms with E-state index >= 15 is 0 Å². The van der Waals surface area contributed by atoms with Gasteiger partial charge in [-0.1, -0.05) is 23.7 Å². The van der Waals surface area contributed by atoms with Gasteiger partial charge in [0.2, 0.25) is 0 Å². The quantitative estimate of drug-likeness (QED) is 0.919. The number of nitrogens with one attached hydrogen (secondary N) is 1. The summed E-state index contributed by atoms with van der Waals surface area (Å²) in [6.45, 7) is 10.2. The smallest absolute Gasteiger partial charge is 0.0438 e. The van der Waals surface area contributed by atoms with Gasteiger partial charge in [0, 0.05) is 50.3 Å². The molecule has 118 valence electrons. The lowest BCUT2D eigenvalue weighted by Gasteiger charge is -2.37. The molecule has 2 aliphatic heterocycles. The molecule has 2 heterocycles. The minimum absolute atomic E-state index is 0. The molecule has 0 saturated carbocycles. The average molecular weight is 330 g/mol. The van der Waals surface area contributed by atoms with E-state index in [0.717, 1.165) is 23.2 Å². The standard InChI is InChI=1S/C16H24ClN3.ClH/c1-13-2-3-14(10-16(13)17)12-19-6-8-20(9-7-19)15-4-5-18-11-15;/h2-3,10,15,18H,4-9,11-12H2,1H3;1H. The minimum Gasteiger partial charge on any atom is -0.315 e. The molecular weight excluding hydrogens is 305 g/mol. The van der Waals surface area contributed by atoms with Gasteiger partial charge >= 0.3 is 0 Å². The Morgan fingerprint density at radius 1 is 1.24 bits per heavy atom. The highest BCUT2D eigenvalue weighted by Crippen LogP contribution is 2.19. The van der Waals surface area contributed by atoms with Gasteiger partial charge in [0.05, 0.1) is 0 Å². The molecule has 1 aromatic rings. The normalized spacial score (nSPS) is 24.0. The molecule has 2 aliphatic rings. The molecule has 0 amide bonds. The van der Waals surface area contributed by atoms with E-state index in [1.807, 2.05) is 0 Å². The van der Waals surface area contributed by atoms with Gasteiger partial charge in [-0.15, -0.1) is 12.4 Å². The molecule has 0 radical (unpaired) electrons. The van der Waals surface area contributed by atoms with Crippen LogP contribution in [0.1, 0.15) is 17.5 Å². The van der Waals surface area contributed by atoms with E-state index in [2.05, 4.69) is 40.2 Å². The molecule has 0 bridgehead atoms. The fraction of sp³-hybridized carbons (Fsp3) is 0.625. The maximum Gasteiger partial charge on any atom is 0.0438 e. The lowest BCUT2D eigenvalue weighted by atomic mass is 10.1. The van der Waals surface area contributed by atoms with Crippen molar-refractivity contribution in [3.63, 3.8) is 0 Å². The highest BCUT2D eigenvalue weighted by molar-refractivity contribution is 6.31. The van der Waals surface area contributed by atoms with Crippen LogP contribution in [0.15, 0.2) is 18.2 Å². The number of piperazine rings is 1. The van der Waals surface area contributed by atoms with Crippen LogP contribution in [0.3, 0.4) is 0 Å². The average Bonchev–Trinajstić information content (AvgIpc) is 2.98. The summed E-state index contributed by atoms with van der Waals surface area (Å²) >= 11 is 6.21. The van der Waals surface area contributed by atoms with Crippen LogP contribution in [0, 0.1) is 6.92 Å². The molecule has 1 atom stereocenters. The molecule has 2 saturated heterocycles. The lowest BCUT2D eigenvalue weighted by Crippen LogP contribution is -2.50. The molecule has 3 rings (SSSR count). The predicted molar refractivity (Wildman–Crippen MR) is 91.6 cm³/mol. The molecule has 21 heavy (non-hydrogen) atoms. The lowest BCUT2D eigenvalue weighted by molar-refractivity contribution is 0.0981. The van der Waals surface area contributed by atoms with Crippen LogP contribution in [0.5, 0.6) is 0 Å². The summed E-state index contributed by atoms with van der Waals surface area (Å²) in [5.74, 6) is 0. The Kier molecular flexibility index (Phi) is 6.33. The molecule has 2 fully saturated rings. The molecule has 1 aromatic carbocycles. The Bertz CT molecular complexity index is 453. The fourth-order valence-electron chi connectivity index (χ4n) is 3.23. The monoisotopic (exact) mass is 329 g/mol. The van der Waals surface area contributed by atoms with Gasteiger partial charge in [-0.25, -0.2) is 0 Å². The van der Waals surface area contributed by atoms with Crippen LogP contribution in [0.2, 0.25) is 5.02 Å². The molecule has 3 nitrogen and oxygen atoms in total. The van der Waals surface area contributed by atoms with Gasteiger partial charge in [-0.2, -0.15) is 0 Å². The predicted octanol–water partition coefficient (Wildman–Crippen LogP) is 2.55. The molecular formula is C16H25Cl2N3. The van der Waals surface area contributed by atoms with Crippen LogP contribution in [0.4, 0.5) is 0 Å². The topological polar surface area (TPSA) is 18.5 Å². The van der Waals surface area contributed by atoms with E-state index in [1.54, 1.807) is 0 Å². The van der Waals surface area contributed by atoms with Gasteiger partial charge in [-0.3, -0.25) is 9.80 Å². The van der Waals surface area contributed by atoms with E-state index in [0.29, 0.717) is 0 Å². The number of rotatable bonds is 3. The Hall–Kier alpha value is -0.320. The van der Waals surface area contributed by atoms with Crippen LogP contribution >= 0.6 is 24.0 Å². The summed E-state index contributed by atoms with van der Waals surface area (Å²) in [5, 5.41) is 4.35. The van der Waals surface area contributed by atoms with Crippen LogP contribution < -0.4 is 5.32 Å². The maximum absolute atomic E-state index is 6.21. The first-order valence-electron chi connectivity index (χ1n) is 7.64. The van der Waals surface area contributed by atoms with Gasteiger partial charge in [0.25, 0.3) is 0 Å². The first-order valence-corrected chi connectivity index (χ1v) is 8.02. The van der Waals surface area contributed by atoms with Crippen molar-refractivity contribution >= 4 is 24.0 Å². The zero-order valence-corrected chi connectivity index (χ0v) is 14.2. The highest BCUT2D eigenvalue weighted by Gasteiger charge is 2.25. The van der Waals surface area contributed by atoms with E-state index < -0.39 is 0 Å². The number of benzene rings is 1. The van der Waals surface area contributed by atoms with Crippen molar-refractivity contribution in [1.82, 2.24) is 15.1 Å². The zero-order chi connectivity index (χ0) is 13.9. The van der Waals surface area contributed by atoms with Crippen LogP contribution in [-0.4, -0.2) is 55.1 Å². The van der Waals surface area contributed by atoms with Gasteiger partial charge in [-0.05, 0) is 37.1 Å². The molecule has 1 N–H and O–H groups in total. The molecule has 0 aromatic heterocycles. The van der Waals surface area contributed by atoms with E-state index in [4.69, 9.17) is 11.6 Å². The first kappa shape index (κ1) is 17.0. The van der Waals surface area contributed by atoms with Gasteiger partial charge in [0.15, 0.2) is 0 Å². The van der Waals surface area contributed by atoms with Crippen molar-refractivity contribution in [2.45, 2.75) is 25.9 Å².